The third-order valence-electron chi connectivity index (χ3n) is 1.41. The third-order valence-corrected chi connectivity index (χ3v) is 1.41. The predicted molar refractivity (Wildman–Crippen MR) is 45.6 cm³/mol. The molecule has 0 spiro atoms. The molecule has 0 saturated heterocycles. The van der Waals surface area contributed by atoms with Gasteiger partial charge in [0, 0.05) is 25.4 Å². The van der Waals surface area contributed by atoms with Crippen molar-refractivity contribution in [1.29, 1.82) is 0 Å². The topological polar surface area (TPSA) is 68.2 Å². The van der Waals surface area contributed by atoms with Crippen LogP contribution in [0.5, 0.6) is 0 Å². The van der Waals surface area contributed by atoms with Gasteiger partial charge in [-0.25, -0.2) is 10.3 Å². The number of hydrogen-bond acceptors (Lipinski definition) is 3. The van der Waals surface area contributed by atoms with Gasteiger partial charge in [0.2, 0.25) is 0 Å². The van der Waals surface area contributed by atoms with Gasteiger partial charge in [-0.05, 0) is 0 Å². The van der Waals surface area contributed by atoms with Crippen molar-refractivity contribution < 1.29 is 9.63 Å². The molecule has 0 radical (unpaired) electrons. The third kappa shape index (κ3) is 3.12. The summed E-state index contributed by atoms with van der Waals surface area (Å²) in [5, 5.41) is 6.54. The van der Waals surface area contributed by atoms with Crippen LogP contribution in [0.4, 0.5) is 4.79 Å². The molecule has 1 rings (SSSR count). The van der Waals surface area contributed by atoms with E-state index in [1.54, 1.807) is 10.9 Å². The number of aryl methyl sites for hydroxylation is 1. The van der Waals surface area contributed by atoms with E-state index < -0.39 is 0 Å². The minimum absolute atomic E-state index is 0.369. The van der Waals surface area contributed by atoms with Crippen molar-refractivity contribution in [3.05, 3.63) is 18.0 Å². The SMILES string of the molecule is CONC(=O)NCc1cnn(C)c1. The Labute approximate surface area is 75.8 Å². The Balaban J connectivity index is 2.30. The molecule has 0 fully saturated rings. The van der Waals surface area contributed by atoms with Crippen LogP contribution in [0, 0.1) is 0 Å². The van der Waals surface area contributed by atoms with Crippen LogP contribution < -0.4 is 10.8 Å². The average Bonchev–Trinajstić information content (AvgIpc) is 2.49. The van der Waals surface area contributed by atoms with E-state index in [1.807, 2.05) is 13.2 Å². The fourth-order valence-electron chi connectivity index (χ4n) is 0.874. The van der Waals surface area contributed by atoms with Crippen LogP contribution >= 0.6 is 0 Å². The summed E-state index contributed by atoms with van der Waals surface area (Å²) in [5.74, 6) is 0. The van der Waals surface area contributed by atoms with Crippen LogP contribution in [0.2, 0.25) is 0 Å². The number of nitrogens with one attached hydrogen (secondary N) is 2. The summed E-state index contributed by atoms with van der Waals surface area (Å²) in [4.78, 5) is 15.3. The molecule has 2 amide bonds. The zero-order valence-electron chi connectivity index (χ0n) is 7.57. The van der Waals surface area contributed by atoms with Crippen LogP contribution in [0.25, 0.3) is 0 Å². The Bertz CT molecular complexity index is 284. The number of aromatic nitrogens is 2. The Morgan fingerprint density at radius 1 is 1.77 bits per heavy atom. The van der Waals surface area contributed by atoms with Crippen LogP contribution in [-0.4, -0.2) is 22.9 Å². The lowest BCUT2D eigenvalue weighted by Crippen LogP contribution is -2.34. The van der Waals surface area contributed by atoms with Gasteiger partial charge in [-0.1, -0.05) is 0 Å². The predicted octanol–water partition coefficient (Wildman–Crippen LogP) is -0.219. The van der Waals surface area contributed by atoms with Crippen LogP contribution in [0.3, 0.4) is 0 Å². The molecule has 0 aromatic carbocycles. The minimum atomic E-state index is -0.369. The van der Waals surface area contributed by atoms with Crippen molar-refractivity contribution in [1.82, 2.24) is 20.6 Å². The molecule has 1 heterocycles. The first-order chi connectivity index (χ1) is 6.22. The van der Waals surface area contributed by atoms with E-state index in [2.05, 4.69) is 20.7 Å². The van der Waals surface area contributed by atoms with Gasteiger partial charge in [-0.2, -0.15) is 5.10 Å². The van der Waals surface area contributed by atoms with E-state index in [9.17, 15) is 4.79 Å². The number of rotatable bonds is 3. The molecule has 13 heavy (non-hydrogen) atoms. The van der Waals surface area contributed by atoms with Gasteiger partial charge >= 0.3 is 6.03 Å². The zero-order chi connectivity index (χ0) is 9.68. The number of hydroxylamine groups is 1. The number of amides is 2. The summed E-state index contributed by atoms with van der Waals surface area (Å²) in [6.45, 7) is 0.434. The molecule has 6 heteroatoms. The fraction of sp³-hybridized carbons (Fsp3) is 0.429. The lowest BCUT2D eigenvalue weighted by Gasteiger charge is -2.02. The smallest absolute Gasteiger partial charge is 0.332 e. The number of carbonyl (C=O) groups is 1. The van der Waals surface area contributed by atoms with Gasteiger partial charge in [0.1, 0.15) is 0 Å². The molecule has 0 aliphatic rings. The second-order valence-corrected chi connectivity index (χ2v) is 2.51. The molecule has 2 N–H and O–H groups in total. The molecule has 1 aromatic heterocycles. The second-order valence-electron chi connectivity index (χ2n) is 2.51. The Kier molecular flexibility index (Phi) is 3.27. The van der Waals surface area contributed by atoms with E-state index in [0.717, 1.165) is 5.56 Å². The minimum Gasteiger partial charge on any atom is -0.332 e. The first kappa shape index (κ1) is 9.53. The zero-order valence-corrected chi connectivity index (χ0v) is 7.57. The average molecular weight is 184 g/mol. The highest BCUT2D eigenvalue weighted by atomic mass is 16.6. The molecule has 0 atom stereocenters. The standard InChI is InChI=1S/C7H12N4O2/c1-11-5-6(4-9-11)3-8-7(12)10-13-2/h4-5H,3H2,1-2H3,(H2,8,10,12). The van der Waals surface area contributed by atoms with Gasteiger partial charge in [-0.3, -0.25) is 9.52 Å². The first-order valence-corrected chi connectivity index (χ1v) is 3.76. The van der Waals surface area contributed by atoms with Gasteiger partial charge in [-0.15, -0.1) is 0 Å². The Hall–Kier alpha value is -1.56. The maximum atomic E-state index is 10.8. The highest BCUT2D eigenvalue weighted by Gasteiger charge is 1.99. The van der Waals surface area contributed by atoms with Crippen molar-refractivity contribution in [3.63, 3.8) is 0 Å². The van der Waals surface area contributed by atoms with Crippen molar-refractivity contribution in [2.24, 2.45) is 7.05 Å². The normalized spacial score (nSPS) is 9.69. The fourth-order valence-corrected chi connectivity index (χ4v) is 0.874. The second kappa shape index (κ2) is 4.46. The molecular formula is C7H12N4O2. The molecule has 0 aliphatic heterocycles. The molecular weight excluding hydrogens is 172 g/mol. The van der Waals surface area contributed by atoms with E-state index in [4.69, 9.17) is 0 Å². The van der Waals surface area contributed by atoms with Crippen LogP contribution in [0.15, 0.2) is 12.4 Å². The lowest BCUT2D eigenvalue weighted by molar-refractivity contribution is 0.107. The number of hydrogen-bond donors (Lipinski definition) is 2. The maximum Gasteiger partial charge on any atom is 0.338 e. The molecule has 0 saturated carbocycles. The highest BCUT2D eigenvalue weighted by molar-refractivity contribution is 5.72. The monoisotopic (exact) mass is 184 g/mol. The van der Waals surface area contributed by atoms with E-state index in [-0.39, 0.29) is 6.03 Å². The van der Waals surface area contributed by atoms with Crippen molar-refractivity contribution >= 4 is 6.03 Å². The number of urea groups is 1. The number of carbonyl (C=O) groups excluding carboxylic acids is 1. The van der Waals surface area contributed by atoms with Crippen molar-refractivity contribution in [2.45, 2.75) is 6.54 Å². The van der Waals surface area contributed by atoms with Gasteiger partial charge in [0.15, 0.2) is 0 Å². The molecule has 0 aliphatic carbocycles. The summed E-state index contributed by atoms with van der Waals surface area (Å²) in [7, 11) is 3.20. The summed E-state index contributed by atoms with van der Waals surface area (Å²) < 4.78 is 1.67. The lowest BCUT2D eigenvalue weighted by atomic mass is 10.4. The summed E-state index contributed by atoms with van der Waals surface area (Å²) in [5.41, 5.74) is 3.08. The Morgan fingerprint density at radius 2 is 2.54 bits per heavy atom. The van der Waals surface area contributed by atoms with Gasteiger partial charge < -0.3 is 5.32 Å². The van der Waals surface area contributed by atoms with Crippen molar-refractivity contribution in [2.75, 3.05) is 7.11 Å². The maximum absolute atomic E-state index is 10.8. The summed E-state index contributed by atoms with van der Waals surface area (Å²) in [6, 6.07) is -0.369. The molecule has 0 bridgehead atoms. The van der Waals surface area contributed by atoms with Crippen LogP contribution in [0.1, 0.15) is 5.56 Å². The van der Waals surface area contributed by atoms with Crippen LogP contribution in [-0.2, 0) is 18.4 Å². The van der Waals surface area contributed by atoms with Gasteiger partial charge in [0.05, 0.1) is 13.3 Å². The number of nitrogens with zero attached hydrogens (tertiary/aromatic N) is 2. The molecule has 6 nitrogen and oxygen atoms in total. The quantitative estimate of drug-likeness (QED) is 0.638. The Morgan fingerprint density at radius 3 is 3.08 bits per heavy atom. The summed E-state index contributed by atoms with van der Waals surface area (Å²) >= 11 is 0. The first-order valence-electron chi connectivity index (χ1n) is 3.76. The van der Waals surface area contributed by atoms with Crippen molar-refractivity contribution in [3.8, 4) is 0 Å². The molecule has 72 valence electrons. The molecule has 0 unspecified atom stereocenters. The molecule has 1 aromatic rings. The van der Waals surface area contributed by atoms with E-state index in [1.165, 1.54) is 7.11 Å². The summed E-state index contributed by atoms with van der Waals surface area (Å²) in [6.07, 6.45) is 3.51. The largest absolute Gasteiger partial charge is 0.338 e. The van der Waals surface area contributed by atoms with E-state index in [0.29, 0.717) is 6.54 Å². The van der Waals surface area contributed by atoms with Gasteiger partial charge in [0.25, 0.3) is 0 Å². The highest BCUT2D eigenvalue weighted by Crippen LogP contribution is 1.94. The van der Waals surface area contributed by atoms with E-state index >= 15 is 0 Å².